The average Bonchev–Trinajstić information content (AvgIpc) is 3.32. The minimum Gasteiger partial charge on any atom is -0.367 e. The van der Waals surface area contributed by atoms with Crippen molar-refractivity contribution in [2.24, 2.45) is 0 Å². The molecule has 2 aromatic rings. The van der Waals surface area contributed by atoms with Crippen LogP contribution in [0.1, 0.15) is 35.7 Å². The van der Waals surface area contributed by atoms with Gasteiger partial charge in [0.1, 0.15) is 17.7 Å². The molecule has 3 aliphatic rings. The number of nitrogens with one attached hydrogen (secondary N) is 2. The summed E-state index contributed by atoms with van der Waals surface area (Å²) in [6.07, 6.45) is 3.70. The lowest BCUT2D eigenvalue weighted by molar-refractivity contribution is -0.117. The number of carbonyl (C=O) groups is 2. The molecule has 0 bridgehead atoms. The van der Waals surface area contributed by atoms with Crippen LogP contribution >= 0.6 is 0 Å². The molecule has 0 unspecified atom stereocenters. The average molecular weight is 471 g/mol. The van der Waals surface area contributed by atoms with E-state index in [9.17, 15) is 18.4 Å². The maximum Gasteiger partial charge on any atom is 0.254 e. The molecule has 1 aromatic heterocycles. The zero-order chi connectivity index (χ0) is 23.8. The van der Waals surface area contributed by atoms with E-state index in [0.717, 1.165) is 48.6 Å². The first kappa shape index (κ1) is 22.5. The molecule has 3 aliphatic heterocycles. The molecule has 0 spiro atoms. The van der Waals surface area contributed by atoms with Gasteiger partial charge in [-0.05, 0) is 37.5 Å². The fourth-order valence-corrected chi connectivity index (χ4v) is 5.03. The number of carbonyl (C=O) groups excluding carboxylic acids is 2. The van der Waals surface area contributed by atoms with Gasteiger partial charge < -0.3 is 20.4 Å². The van der Waals surface area contributed by atoms with Crippen molar-refractivity contribution in [3.63, 3.8) is 0 Å². The number of fused-ring (bicyclic) bond motifs is 3. The quantitative estimate of drug-likeness (QED) is 0.699. The molecule has 4 heterocycles. The minimum absolute atomic E-state index is 0.0324. The summed E-state index contributed by atoms with van der Waals surface area (Å²) in [5.74, 6) is -1.09. The molecule has 0 aliphatic carbocycles. The second-order valence-corrected chi connectivity index (χ2v) is 8.96. The highest BCUT2D eigenvalue weighted by Gasteiger charge is 2.37. The van der Waals surface area contributed by atoms with Crippen LogP contribution in [0.5, 0.6) is 0 Å². The number of halogens is 2. The fraction of sp³-hybridized carbons (Fsp3) is 0.458. The lowest BCUT2D eigenvalue weighted by Crippen LogP contribution is -2.46. The van der Waals surface area contributed by atoms with Crippen LogP contribution in [0.3, 0.4) is 0 Å². The molecular weight excluding hydrogens is 442 g/mol. The summed E-state index contributed by atoms with van der Waals surface area (Å²) in [6.45, 7) is 5.95. The molecule has 2 saturated heterocycles. The van der Waals surface area contributed by atoms with E-state index in [0.29, 0.717) is 39.3 Å². The van der Waals surface area contributed by atoms with Crippen LogP contribution in [0.4, 0.5) is 26.0 Å². The molecule has 10 heteroatoms. The lowest BCUT2D eigenvalue weighted by Gasteiger charge is -2.36. The van der Waals surface area contributed by atoms with E-state index >= 15 is 0 Å². The van der Waals surface area contributed by atoms with E-state index in [-0.39, 0.29) is 23.2 Å². The molecule has 0 radical (unpaired) electrons. The van der Waals surface area contributed by atoms with Crippen LogP contribution in [0, 0.1) is 11.6 Å². The van der Waals surface area contributed by atoms with Gasteiger partial charge in [-0.15, -0.1) is 0 Å². The first-order valence-electron chi connectivity index (χ1n) is 11.8. The Kier molecular flexibility index (Phi) is 6.07. The van der Waals surface area contributed by atoms with Crippen LogP contribution in [0.2, 0.25) is 0 Å². The number of piperazine rings is 1. The van der Waals surface area contributed by atoms with Gasteiger partial charge in [-0.1, -0.05) is 0 Å². The van der Waals surface area contributed by atoms with E-state index < -0.39 is 17.5 Å². The highest BCUT2D eigenvalue weighted by atomic mass is 19.1. The Morgan fingerprint density at radius 1 is 1.15 bits per heavy atom. The summed E-state index contributed by atoms with van der Waals surface area (Å²) in [6, 6.07) is 3.95. The summed E-state index contributed by atoms with van der Waals surface area (Å²) >= 11 is 0. The number of amides is 2. The number of hydrogen-bond donors (Lipinski definition) is 2. The van der Waals surface area contributed by atoms with Crippen molar-refractivity contribution in [2.75, 3.05) is 54.4 Å². The summed E-state index contributed by atoms with van der Waals surface area (Å²) < 4.78 is 29.2. The summed E-state index contributed by atoms with van der Waals surface area (Å²) in [5.41, 5.74) is 1.63. The molecule has 2 amide bonds. The SMILES string of the molecule is CCNC(=O)c1cc(F)c(N2CCN(Cc3cnc4c(c3)NC(=O)[C@@H]3CCCN43)CC2)cc1F. The first-order valence-corrected chi connectivity index (χ1v) is 11.8. The molecule has 180 valence electrons. The second-order valence-electron chi connectivity index (χ2n) is 8.96. The summed E-state index contributed by atoms with van der Waals surface area (Å²) in [5, 5.41) is 5.49. The Labute approximate surface area is 196 Å². The van der Waals surface area contributed by atoms with E-state index in [1.54, 1.807) is 11.8 Å². The van der Waals surface area contributed by atoms with Crippen LogP contribution in [-0.4, -0.2) is 67.0 Å². The number of rotatable bonds is 5. The van der Waals surface area contributed by atoms with Gasteiger partial charge in [0, 0.05) is 58.1 Å². The smallest absolute Gasteiger partial charge is 0.254 e. The van der Waals surface area contributed by atoms with E-state index in [1.807, 2.05) is 12.3 Å². The Hall–Kier alpha value is -3.27. The number of pyridine rings is 1. The number of hydrogen-bond acceptors (Lipinski definition) is 6. The Morgan fingerprint density at radius 3 is 2.71 bits per heavy atom. The summed E-state index contributed by atoms with van der Waals surface area (Å²) in [7, 11) is 0. The Morgan fingerprint density at radius 2 is 1.94 bits per heavy atom. The Bertz CT molecular complexity index is 1120. The zero-order valence-corrected chi connectivity index (χ0v) is 19.1. The van der Waals surface area contributed by atoms with Gasteiger partial charge in [-0.25, -0.2) is 13.8 Å². The highest BCUT2D eigenvalue weighted by molar-refractivity contribution is 6.03. The minimum atomic E-state index is -0.729. The molecule has 1 aromatic carbocycles. The molecule has 2 N–H and O–H groups in total. The molecule has 34 heavy (non-hydrogen) atoms. The molecule has 2 fully saturated rings. The third kappa shape index (κ3) is 4.18. The molecule has 0 saturated carbocycles. The number of anilines is 3. The van der Waals surface area contributed by atoms with Gasteiger partial charge in [-0.2, -0.15) is 0 Å². The molecule has 5 rings (SSSR count). The maximum absolute atomic E-state index is 14.7. The van der Waals surface area contributed by atoms with Crippen molar-refractivity contribution >= 4 is 29.0 Å². The van der Waals surface area contributed by atoms with Crippen LogP contribution < -0.4 is 20.4 Å². The van der Waals surface area contributed by atoms with Gasteiger partial charge in [0.2, 0.25) is 5.91 Å². The fourth-order valence-electron chi connectivity index (χ4n) is 5.03. The largest absolute Gasteiger partial charge is 0.367 e. The maximum atomic E-state index is 14.7. The molecule has 1 atom stereocenters. The van der Waals surface area contributed by atoms with Gasteiger partial charge in [-0.3, -0.25) is 14.5 Å². The van der Waals surface area contributed by atoms with Crippen molar-refractivity contribution in [2.45, 2.75) is 32.4 Å². The highest BCUT2D eigenvalue weighted by Crippen LogP contribution is 2.35. The normalized spacial score (nSPS) is 20.1. The van der Waals surface area contributed by atoms with Crippen molar-refractivity contribution in [1.29, 1.82) is 0 Å². The monoisotopic (exact) mass is 470 g/mol. The van der Waals surface area contributed by atoms with E-state index in [4.69, 9.17) is 0 Å². The number of benzene rings is 1. The van der Waals surface area contributed by atoms with E-state index in [1.165, 1.54) is 0 Å². The number of aromatic nitrogens is 1. The van der Waals surface area contributed by atoms with Gasteiger partial charge >= 0.3 is 0 Å². The van der Waals surface area contributed by atoms with Gasteiger partial charge in [0.15, 0.2) is 5.82 Å². The van der Waals surface area contributed by atoms with Crippen LogP contribution in [-0.2, 0) is 11.3 Å². The predicted molar refractivity (Wildman–Crippen MR) is 125 cm³/mol. The third-order valence-corrected chi connectivity index (χ3v) is 6.75. The van der Waals surface area contributed by atoms with E-state index in [2.05, 4.69) is 25.4 Å². The van der Waals surface area contributed by atoms with Gasteiger partial charge in [0.25, 0.3) is 5.91 Å². The van der Waals surface area contributed by atoms with Crippen LogP contribution in [0.25, 0.3) is 0 Å². The first-order chi connectivity index (χ1) is 16.4. The lowest BCUT2D eigenvalue weighted by atomic mass is 10.1. The third-order valence-electron chi connectivity index (χ3n) is 6.75. The van der Waals surface area contributed by atoms with Crippen molar-refractivity contribution in [1.82, 2.24) is 15.2 Å². The predicted octanol–water partition coefficient (Wildman–Crippen LogP) is 2.35. The number of nitrogens with zero attached hydrogens (tertiary/aromatic N) is 4. The van der Waals surface area contributed by atoms with Crippen molar-refractivity contribution in [3.8, 4) is 0 Å². The van der Waals surface area contributed by atoms with Gasteiger partial charge in [0.05, 0.1) is 16.9 Å². The standard InChI is InChI=1S/C24H28F2N6O2/c1-2-27-23(33)16-11-18(26)21(12-17(16)25)31-8-6-30(7-9-31)14-15-10-19-22(28-13-15)32-5-3-4-20(32)24(34)29-19/h10-13,20H,2-9,14H2,1H3,(H,27,33)(H,29,34)/t20-/m0/s1. The van der Waals surface area contributed by atoms with Crippen LogP contribution in [0.15, 0.2) is 24.4 Å². The Balaban J connectivity index is 1.23. The topological polar surface area (TPSA) is 80.8 Å². The second kappa shape index (κ2) is 9.17. The molecular formula is C24H28F2N6O2. The van der Waals surface area contributed by atoms with Crippen molar-refractivity contribution in [3.05, 3.63) is 47.2 Å². The zero-order valence-electron chi connectivity index (χ0n) is 19.1. The van der Waals surface area contributed by atoms with Crippen molar-refractivity contribution < 1.29 is 18.4 Å². The molecule has 8 nitrogen and oxygen atoms in total. The summed E-state index contributed by atoms with van der Waals surface area (Å²) in [4.78, 5) is 35.0.